The van der Waals surface area contributed by atoms with E-state index in [4.69, 9.17) is 4.98 Å². The first-order chi connectivity index (χ1) is 23.0. The largest absolute Gasteiger partial charge is 0.390 e. The number of nitrogens with zero attached hydrogens (tertiary/aromatic N) is 4. The van der Waals surface area contributed by atoms with Gasteiger partial charge in [-0.1, -0.05) is 6.07 Å². The minimum Gasteiger partial charge on any atom is -0.390 e. The number of aryl methyl sites for hydroxylation is 1. The minimum absolute atomic E-state index is 0.0475. The van der Waals surface area contributed by atoms with Crippen LogP contribution in [0.4, 0.5) is 24.9 Å². The number of anilines is 2. The van der Waals surface area contributed by atoms with Crippen molar-refractivity contribution in [2.45, 2.75) is 61.8 Å². The summed E-state index contributed by atoms with van der Waals surface area (Å²) in [5.41, 5.74) is 2.51. The molecule has 2 saturated carbocycles. The maximum atomic E-state index is 14.4. The second-order valence-corrected chi connectivity index (χ2v) is 15.3. The first-order valence-electron chi connectivity index (χ1n) is 15.4. The average Bonchev–Trinajstić information content (AvgIpc) is 3.75. The number of aromatic nitrogens is 4. The van der Waals surface area contributed by atoms with E-state index in [1.54, 1.807) is 13.1 Å². The van der Waals surface area contributed by atoms with Crippen LogP contribution in [-0.2, 0) is 16.4 Å². The van der Waals surface area contributed by atoms with Crippen molar-refractivity contribution in [1.29, 1.82) is 0 Å². The SMILES string of the molecule is Cc1nc(NCc2c(F)cccc2F)nc(NC2C[C@H](CS(=O)(=O)c3ccc(F)cc3)[C@@H](O)[C@H]2O)c1-c1nc2c(C3CC3)nccc2s1. The number of hydrogen-bond donors (Lipinski definition) is 4. The number of fused-ring (bicyclic) bond motifs is 1. The molecule has 2 aliphatic rings. The summed E-state index contributed by atoms with van der Waals surface area (Å²) in [6.07, 6.45) is 1.13. The third-order valence-corrected chi connectivity index (χ3v) is 11.7. The predicted octanol–water partition coefficient (Wildman–Crippen LogP) is 5.36. The number of halogens is 3. The Labute approximate surface area is 278 Å². The lowest BCUT2D eigenvalue weighted by Crippen LogP contribution is -2.36. The molecule has 4 atom stereocenters. The van der Waals surface area contributed by atoms with Gasteiger partial charge in [-0.25, -0.2) is 31.6 Å². The van der Waals surface area contributed by atoms with E-state index in [0.29, 0.717) is 22.2 Å². The molecule has 2 aromatic carbocycles. The van der Waals surface area contributed by atoms with Crippen molar-refractivity contribution < 1.29 is 31.8 Å². The number of nitrogens with one attached hydrogen (secondary N) is 2. The minimum atomic E-state index is -3.92. The van der Waals surface area contributed by atoms with E-state index < -0.39 is 57.2 Å². The van der Waals surface area contributed by atoms with E-state index in [9.17, 15) is 31.8 Å². The van der Waals surface area contributed by atoms with Gasteiger partial charge >= 0.3 is 0 Å². The molecule has 250 valence electrons. The third-order valence-electron chi connectivity index (χ3n) is 8.82. The van der Waals surface area contributed by atoms with Gasteiger partial charge in [-0.2, -0.15) is 4.98 Å². The zero-order valence-electron chi connectivity index (χ0n) is 25.6. The number of aliphatic hydroxyl groups is 2. The van der Waals surface area contributed by atoms with E-state index in [2.05, 4.69) is 25.6 Å². The number of sulfone groups is 1. The zero-order valence-corrected chi connectivity index (χ0v) is 27.2. The van der Waals surface area contributed by atoms with Crippen LogP contribution in [0.25, 0.3) is 20.8 Å². The van der Waals surface area contributed by atoms with Crippen LogP contribution in [0.5, 0.6) is 0 Å². The molecule has 7 rings (SSSR count). The molecule has 3 heterocycles. The first kappa shape index (κ1) is 32.4. The van der Waals surface area contributed by atoms with Crippen LogP contribution in [0.15, 0.2) is 59.6 Å². The van der Waals surface area contributed by atoms with E-state index in [0.717, 1.165) is 65.2 Å². The second-order valence-electron chi connectivity index (χ2n) is 12.2. The fourth-order valence-corrected chi connectivity index (χ4v) is 8.85. The van der Waals surface area contributed by atoms with Gasteiger partial charge in [0.15, 0.2) is 9.84 Å². The van der Waals surface area contributed by atoms with Crippen LogP contribution >= 0.6 is 11.3 Å². The highest BCUT2D eigenvalue weighted by atomic mass is 32.2. The number of benzene rings is 2. The number of hydrogen-bond acceptors (Lipinski definition) is 11. The molecule has 10 nitrogen and oxygen atoms in total. The van der Waals surface area contributed by atoms with Crippen molar-refractivity contribution >= 4 is 43.2 Å². The lowest BCUT2D eigenvalue weighted by atomic mass is 10.1. The number of thiazole rings is 1. The van der Waals surface area contributed by atoms with Gasteiger partial charge in [0, 0.05) is 30.1 Å². The first-order valence-corrected chi connectivity index (χ1v) is 17.9. The van der Waals surface area contributed by atoms with Crippen molar-refractivity contribution in [3.63, 3.8) is 0 Å². The van der Waals surface area contributed by atoms with Crippen LogP contribution in [-0.4, -0.2) is 62.6 Å². The van der Waals surface area contributed by atoms with Crippen LogP contribution in [0.2, 0.25) is 0 Å². The molecule has 0 saturated heterocycles. The Hall–Kier alpha value is -4.18. The summed E-state index contributed by atoms with van der Waals surface area (Å²) in [6.45, 7) is 1.49. The summed E-state index contributed by atoms with van der Waals surface area (Å²) in [5.74, 6) is -2.73. The lowest BCUT2D eigenvalue weighted by Gasteiger charge is -2.21. The zero-order chi connectivity index (χ0) is 33.7. The average molecular weight is 697 g/mol. The molecule has 15 heteroatoms. The van der Waals surface area contributed by atoms with Crippen molar-refractivity contribution in [3.05, 3.63) is 89.1 Å². The summed E-state index contributed by atoms with van der Waals surface area (Å²) in [7, 11) is -3.92. The van der Waals surface area contributed by atoms with Crippen LogP contribution < -0.4 is 10.6 Å². The quantitative estimate of drug-likeness (QED) is 0.141. The Morgan fingerprint density at radius 2 is 1.69 bits per heavy atom. The molecule has 2 aliphatic carbocycles. The number of pyridine rings is 1. The van der Waals surface area contributed by atoms with E-state index >= 15 is 0 Å². The van der Waals surface area contributed by atoms with Crippen molar-refractivity contribution in [2.75, 3.05) is 16.4 Å². The molecule has 3 aromatic heterocycles. The molecule has 4 N–H and O–H groups in total. The summed E-state index contributed by atoms with van der Waals surface area (Å²) in [5, 5.41) is 28.7. The van der Waals surface area contributed by atoms with Gasteiger partial charge in [-0.05, 0) is 68.7 Å². The summed E-state index contributed by atoms with van der Waals surface area (Å²) < 4.78 is 69.3. The van der Waals surface area contributed by atoms with Crippen LogP contribution in [0, 0.1) is 30.3 Å². The lowest BCUT2D eigenvalue weighted by molar-refractivity contribution is 0.0216. The molecule has 0 bridgehead atoms. The highest BCUT2D eigenvalue weighted by Crippen LogP contribution is 2.44. The standard InChI is InChI=1S/C33H31F3N6O4S2/c1-16-26(32-41-28-25(47-32)11-12-37-27(28)17-5-6-17)31(42-33(39-16)38-14-21-22(35)3-2-4-23(21)36)40-24-13-18(29(43)30(24)44)15-48(45,46)20-9-7-19(34)8-10-20/h2-4,7-12,17-18,24,29-30,43-44H,5-6,13-15H2,1H3,(H2,38,39,40,42)/t18-,24?,29-,30+/m1/s1. The number of rotatable bonds is 10. The Kier molecular flexibility index (Phi) is 8.56. The van der Waals surface area contributed by atoms with E-state index in [-0.39, 0.29) is 35.2 Å². The maximum absolute atomic E-state index is 14.4. The summed E-state index contributed by atoms with van der Waals surface area (Å²) >= 11 is 1.42. The molecule has 0 radical (unpaired) electrons. The van der Waals surface area contributed by atoms with Crippen LogP contribution in [0.3, 0.4) is 0 Å². The van der Waals surface area contributed by atoms with Gasteiger partial charge in [0.25, 0.3) is 0 Å². The molecule has 48 heavy (non-hydrogen) atoms. The molecule has 1 unspecified atom stereocenters. The second kappa shape index (κ2) is 12.7. The van der Waals surface area contributed by atoms with Gasteiger partial charge in [-0.3, -0.25) is 4.98 Å². The molecule has 0 spiro atoms. The number of aliphatic hydroxyl groups excluding tert-OH is 2. The molecule has 0 aliphatic heterocycles. The molecule has 2 fully saturated rings. The highest BCUT2D eigenvalue weighted by molar-refractivity contribution is 7.91. The van der Waals surface area contributed by atoms with Gasteiger partial charge in [0.05, 0.1) is 44.4 Å². The molecular weight excluding hydrogens is 666 g/mol. The smallest absolute Gasteiger partial charge is 0.225 e. The van der Waals surface area contributed by atoms with E-state index in [1.165, 1.54) is 17.4 Å². The Morgan fingerprint density at radius 1 is 0.958 bits per heavy atom. The van der Waals surface area contributed by atoms with Gasteiger partial charge in [-0.15, -0.1) is 11.3 Å². The van der Waals surface area contributed by atoms with Crippen LogP contribution in [0.1, 0.15) is 42.1 Å². The normalized spacial score (nSPS) is 21.1. The molecule has 5 aromatic rings. The van der Waals surface area contributed by atoms with Crippen molar-refractivity contribution in [1.82, 2.24) is 19.9 Å². The highest BCUT2D eigenvalue weighted by Gasteiger charge is 2.44. The van der Waals surface area contributed by atoms with Gasteiger partial charge < -0.3 is 20.8 Å². The Morgan fingerprint density at radius 3 is 2.40 bits per heavy atom. The molecular formula is C33H31F3N6O4S2. The maximum Gasteiger partial charge on any atom is 0.225 e. The fraction of sp³-hybridized carbons (Fsp3) is 0.333. The summed E-state index contributed by atoms with van der Waals surface area (Å²) in [6, 6.07) is 9.05. The monoisotopic (exact) mass is 696 g/mol. The topological polar surface area (TPSA) is 150 Å². The van der Waals surface area contributed by atoms with Crippen molar-refractivity contribution in [2.24, 2.45) is 5.92 Å². The predicted molar refractivity (Wildman–Crippen MR) is 175 cm³/mol. The third kappa shape index (κ3) is 6.34. The summed E-state index contributed by atoms with van der Waals surface area (Å²) in [4.78, 5) is 18.6. The Balaban J connectivity index is 1.22. The van der Waals surface area contributed by atoms with Gasteiger partial charge in [0.1, 0.15) is 39.9 Å². The Bertz CT molecular complexity index is 2090. The molecule has 0 amide bonds. The van der Waals surface area contributed by atoms with Crippen molar-refractivity contribution in [3.8, 4) is 10.6 Å². The van der Waals surface area contributed by atoms with Gasteiger partial charge in [0.2, 0.25) is 5.95 Å². The van der Waals surface area contributed by atoms with E-state index in [1.807, 2.05) is 6.07 Å². The fourth-order valence-electron chi connectivity index (χ4n) is 6.15.